The molecule has 0 spiro atoms. The maximum atomic E-state index is 10.6. The van der Waals surface area contributed by atoms with Gasteiger partial charge in [0.1, 0.15) is 6.42 Å². The Morgan fingerprint density at radius 1 is 1.35 bits per heavy atom. The molecule has 0 amide bonds. The Kier molecular flexibility index (Phi) is 3.26. The lowest BCUT2D eigenvalue weighted by Crippen LogP contribution is -2.09. The maximum absolute atomic E-state index is 10.6. The normalized spacial score (nSPS) is 10.5. The molecule has 0 aliphatic carbocycles. The Morgan fingerprint density at radius 3 is 2.76 bits per heavy atom. The standard InChI is InChI=1S/C9H6Cl2N4O2/c10-6-2-1-5(3-7(6)11)15-8(4-9(16)17)12-13-14-15/h1-3H,4H2,(H,16,17). The van der Waals surface area contributed by atoms with Crippen LogP contribution < -0.4 is 0 Å². The first-order valence-electron chi connectivity index (χ1n) is 4.52. The Bertz CT molecular complexity index is 570. The summed E-state index contributed by atoms with van der Waals surface area (Å²) < 4.78 is 1.30. The van der Waals surface area contributed by atoms with Crippen molar-refractivity contribution in [3.8, 4) is 5.69 Å². The number of aromatic nitrogens is 4. The van der Waals surface area contributed by atoms with Gasteiger partial charge in [0.25, 0.3) is 0 Å². The van der Waals surface area contributed by atoms with E-state index in [2.05, 4.69) is 15.5 Å². The molecular formula is C9H6Cl2N4O2. The number of nitrogens with zero attached hydrogens (tertiary/aromatic N) is 4. The number of aliphatic carboxylic acids is 1. The van der Waals surface area contributed by atoms with E-state index in [4.69, 9.17) is 28.3 Å². The van der Waals surface area contributed by atoms with Gasteiger partial charge in [-0.2, -0.15) is 4.68 Å². The lowest BCUT2D eigenvalue weighted by Gasteiger charge is -2.04. The van der Waals surface area contributed by atoms with Crippen LogP contribution in [0.25, 0.3) is 5.69 Å². The number of carbonyl (C=O) groups is 1. The lowest BCUT2D eigenvalue weighted by molar-refractivity contribution is -0.136. The molecule has 1 N–H and O–H groups in total. The summed E-state index contributed by atoms with van der Waals surface area (Å²) in [4.78, 5) is 10.6. The summed E-state index contributed by atoms with van der Waals surface area (Å²) in [5.74, 6) is -0.794. The summed E-state index contributed by atoms with van der Waals surface area (Å²) in [6, 6.07) is 4.80. The molecule has 2 rings (SSSR count). The number of benzene rings is 1. The minimum atomic E-state index is -1.01. The fourth-order valence-electron chi connectivity index (χ4n) is 1.27. The molecular weight excluding hydrogens is 267 g/mol. The summed E-state index contributed by atoms with van der Waals surface area (Å²) in [5, 5.41) is 20.2. The average molecular weight is 273 g/mol. The van der Waals surface area contributed by atoms with E-state index in [0.29, 0.717) is 15.7 Å². The molecule has 6 nitrogen and oxygen atoms in total. The number of halogens is 2. The molecule has 0 fully saturated rings. The first-order valence-corrected chi connectivity index (χ1v) is 5.28. The summed E-state index contributed by atoms with van der Waals surface area (Å²) in [6.07, 6.45) is -0.271. The number of carboxylic acids is 1. The van der Waals surface area contributed by atoms with Gasteiger partial charge < -0.3 is 5.11 Å². The number of carboxylic acid groups (broad SMARTS) is 1. The summed E-state index contributed by atoms with van der Waals surface area (Å²) in [6.45, 7) is 0. The highest BCUT2D eigenvalue weighted by molar-refractivity contribution is 6.42. The molecule has 0 radical (unpaired) electrons. The third-order valence-electron chi connectivity index (χ3n) is 1.99. The van der Waals surface area contributed by atoms with E-state index < -0.39 is 5.97 Å². The number of hydrogen-bond donors (Lipinski definition) is 1. The molecule has 8 heteroatoms. The third-order valence-corrected chi connectivity index (χ3v) is 2.73. The van der Waals surface area contributed by atoms with Crippen molar-refractivity contribution >= 4 is 29.2 Å². The highest BCUT2D eigenvalue weighted by atomic mass is 35.5. The Labute approximate surface area is 106 Å². The summed E-state index contributed by atoms with van der Waals surface area (Å²) in [5.41, 5.74) is 0.556. The number of tetrazole rings is 1. The minimum Gasteiger partial charge on any atom is -0.481 e. The van der Waals surface area contributed by atoms with Crippen molar-refractivity contribution in [3.05, 3.63) is 34.1 Å². The van der Waals surface area contributed by atoms with Crippen LogP contribution in [0.5, 0.6) is 0 Å². The molecule has 0 saturated heterocycles. The number of rotatable bonds is 3. The highest BCUT2D eigenvalue weighted by Gasteiger charge is 2.12. The van der Waals surface area contributed by atoms with Crippen molar-refractivity contribution in [3.63, 3.8) is 0 Å². The van der Waals surface area contributed by atoms with Crippen LogP contribution in [0.3, 0.4) is 0 Å². The van der Waals surface area contributed by atoms with Crippen LogP contribution in [-0.2, 0) is 11.2 Å². The van der Waals surface area contributed by atoms with Crippen LogP contribution in [0.1, 0.15) is 5.82 Å². The first kappa shape index (κ1) is 11.8. The molecule has 0 aliphatic heterocycles. The van der Waals surface area contributed by atoms with Crippen LogP contribution >= 0.6 is 23.2 Å². The van der Waals surface area contributed by atoms with Gasteiger partial charge >= 0.3 is 5.97 Å². The molecule has 1 aromatic heterocycles. The van der Waals surface area contributed by atoms with E-state index in [1.54, 1.807) is 18.2 Å². The zero-order valence-electron chi connectivity index (χ0n) is 8.34. The van der Waals surface area contributed by atoms with Crippen molar-refractivity contribution in [1.29, 1.82) is 0 Å². The Morgan fingerprint density at radius 2 is 2.12 bits per heavy atom. The van der Waals surface area contributed by atoms with Gasteiger partial charge in [-0.3, -0.25) is 4.79 Å². The molecule has 17 heavy (non-hydrogen) atoms. The Balaban J connectivity index is 2.42. The molecule has 0 saturated carbocycles. The van der Waals surface area contributed by atoms with Crippen molar-refractivity contribution < 1.29 is 9.90 Å². The van der Waals surface area contributed by atoms with Gasteiger partial charge in [-0.05, 0) is 28.6 Å². The fourth-order valence-corrected chi connectivity index (χ4v) is 1.56. The van der Waals surface area contributed by atoms with Gasteiger partial charge in [0.15, 0.2) is 5.82 Å². The van der Waals surface area contributed by atoms with E-state index in [1.807, 2.05) is 0 Å². The van der Waals surface area contributed by atoms with Crippen LogP contribution in [0, 0.1) is 0 Å². The average Bonchev–Trinajstić information content (AvgIpc) is 2.69. The second kappa shape index (κ2) is 4.68. The van der Waals surface area contributed by atoms with Gasteiger partial charge in [0.05, 0.1) is 15.7 Å². The second-order valence-electron chi connectivity index (χ2n) is 3.18. The zero-order valence-corrected chi connectivity index (χ0v) is 9.85. The third kappa shape index (κ3) is 2.54. The Hall–Kier alpha value is -1.66. The lowest BCUT2D eigenvalue weighted by atomic mass is 10.3. The van der Waals surface area contributed by atoms with Crippen molar-refractivity contribution in [1.82, 2.24) is 20.2 Å². The quantitative estimate of drug-likeness (QED) is 0.918. The van der Waals surface area contributed by atoms with Crippen LogP contribution in [0.15, 0.2) is 18.2 Å². The van der Waals surface area contributed by atoms with Gasteiger partial charge in [-0.25, -0.2) is 0 Å². The van der Waals surface area contributed by atoms with Gasteiger partial charge in [-0.1, -0.05) is 23.2 Å². The van der Waals surface area contributed by atoms with Crippen molar-refractivity contribution in [2.45, 2.75) is 6.42 Å². The van der Waals surface area contributed by atoms with Crippen molar-refractivity contribution in [2.75, 3.05) is 0 Å². The topological polar surface area (TPSA) is 80.9 Å². The largest absolute Gasteiger partial charge is 0.481 e. The molecule has 0 bridgehead atoms. The monoisotopic (exact) mass is 272 g/mol. The fraction of sp³-hybridized carbons (Fsp3) is 0.111. The van der Waals surface area contributed by atoms with Crippen LogP contribution in [0.2, 0.25) is 10.0 Å². The molecule has 2 aromatic rings. The van der Waals surface area contributed by atoms with E-state index in [9.17, 15) is 4.79 Å². The zero-order chi connectivity index (χ0) is 12.4. The van der Waals surface area contributed by atoms with Crippen molar-refractivity contribution in [2.24, 2.45) is 0 Å². The predicted octanol–water partition coefficient (Wildman–Crippen LogP) is 1.60. The molecule has 1 heterocycles. The van der Waals surface area contributed by atoms with E-state index in [-0.39, 0.29) is 12.2 Å². The first-order chi connectivity index (χ1) is 8.08. The van der Waals surface area contributed by atoms with Gasteiger partial charge in [0.2, 0.25) is 0 Å². The van der Waals surface area contributed by atoms with Crippen LogP contribution in [0.4, 0.5) is 0 Å². The molecule has 1 aromatic carbocycles. The van der Waals surface area contributed by atoms with E-state index >= 15 is 0 Å². The molecule has 0 atom stereocenters. The second-order valence-corrected chi connectivity index (χ2v) is 3.99. The smallest absolute Gasteiger partial charge is 0.311 e. The van der Waals surface area contributed by atoms with Crippen LogP contribution in [-0.4, -0.2) is 31.3 Å². The van der Waals surface area contributed by atoms with Gasteiger partial charge in [0, 0.05) is 0 Å². The maximum Gasteiger partial charge on any atom is 0.311 e. The number of hydrogen-bond acceptors (Lipinski definition) is 4. The van der Waals surface area contributed by atoms with Gasteiger partial charge in [-0.15, -0.1) is 5.10 Å². The predicted molar refractivity (Wildman–Crippen MR) is 60.5 cm³/mol. The van der Waals surface area contributed by atoms with E-state index in [1.165, 1.54) is 4.68 Å². The molecule has 0 aliphatic rings. The highest BCUT2D eigenvalue weighted by Crippen LogP contribution is 2.24. The van der Waals surface area contributed by atoms with E-state index in [0.717, 1.165) is 0 Å². The SMILES string of the molecule is O=C(O)Cc1nnnn1-c1ccc(Cl)c(Cl)c1. The minimum absolute atomic E-state index is 0.218. The molecule has 88 valence electrons. The molecule has 0 unspecified atom stereocenters. The summed E-state index contributed by atoms with van der Waals surface area (Å²) in [7, 11) is 0. The summed E-state index contributed by atoms with van der Waals surface area (Å²) >= 11 is 11.6.